The molecule has 1 aliphatic rings. The third kappa shape index (κ3) is 4.67. The van der Waals surface area contributed by atoms with Gasteiger partial charge in [0.15, 0.2) is 5.78 Å². The van der Waals surface area contributed by atoms with Crippen LogP contribution in [0.2, 0.25) is 0 Å². The van der Waals surface area contributed by atoms with Crippen molar-refractivity contribution < 1.29 is 39.2 Å². The maximum Gasteiger partial charge on any atom is 0.417 e. The number of ketones is 1. The summed E-state index contributed by atoms with van der Waals surface area (Å²) in [5.74, 6) is -1.67. The number of aliphatic carboxylic acids is 1. The van der Waals surface area contributed by atoms with Gasteiger partial charge in [0.2, 0.25) is 5.72 Å². The number of aromatic hydroxyl groups is 1. The van der Waals surface area contributed by atoms with Crippen LogP contribution in [0.3, 0.4) is 0 Å². The van der Waals surface area contributed by atoms with Gasteiger partial charge in [-0.3, -0.25) is 4.79 Å². The fourth-order valence-electron chi connectivity index (χ4n) is 3.26. The Bertz CT molecular complexity index is 1050. The summed E-state index contributed by atoms with van der Waals surface area (Å²) < 4.78 is 11.3. The van der Waals surface area contributed by atoms with Crippen molar-refractivity contribution in [1.82, 2.24) is 0 Å². The van der Waals surface area contributed by atoms with E-state index in [1.54, 1.807) is 32.9 Å². The molecular weight excluding hydrogens is 418 g/mol. The molecular formula is C23H25NO8. The minimum absolute atomic E-state index is 0.0236. The molecule has 0 aliphatic carbocycles. The van der Waals surface area contributed by atoms with Gasteiger partial charge in [0.1, 0.15) is 23.2 Å². The van der Waals surface area contributed by atoms with E-state index < -0.39 is 29.5 Å². The summed E-state index contributed by atoms with van der Waals surface area (Å²) in [5, 5.41) is 29.6. The molecule has 1 heterocycles. The van der Waals surface area contributed by atoms with E-state index in [1.807, 2.05) is 0 Å². The first-order valence-corrected chi connectivity index (χ1v) is 9.91. The van der Waals surface area contributed by atoms with Crippen LogP contribution in [-0.2, 0) is 9.53 Å². The van der Waals surface area contributed by atoms with Gasteiger partial charge in [-0.1, -0.05) is 12.1 Å². The topological polar surface area (TPSA) is 134 Å². The van der Waals surface area contributed by atoms with Crippen molar-refractivity contribution in [3.63, 3.8) is 0 Å². The molecule has 0 saturated heterocycles. The molecule has 1 aliphatic heterocycles. The number of hydrogen-bond acceptors (Lipinski definition) is 7. The Hall–Kier alpha value is -3.59. The van der Waals surface area contributed by atoms with E-state index >= 15 is 0 Å². The number of Topliss-reactive ketones (excluding diaryl/α,β-unsaturated/α-hetero) is 1. The largest absolute Gasteiger partial charge is 0.508 e. The van der Waals surface area contributed by atoms with Gasteiger partial charge in [-0.05, 0) is 57.5 Å². The SMILES string of the molecule is CC(C)(C)OC(=O)N(c1ccc2c(c1)OC(c1ccc(O)cc1)CC2=O)[C@](C)(O)C(=O)O. The molecule has 0 radical (unpaired) electrons. The van der Waals surface area contributed by atoms with Gasteiger partial charge in [-0.25, -0.2) is 14.5 Å². The zero-order chi connectivity index (χ0) is 23.8. The number of phenols is 1. The van der Waals surface area contributed by atoms with Crippen molar-refractivity contribution in [1.29, 1.82) is 0 Å². The van der Waals surface area contributed by atoms with Crippen LogP contribution < -0.4 is 9.64 Å². The predicted molar refractivity (Wildman–Crippen MR) is 114 cm³/mol. The maximum atomic E-state index is 12.8. The van der Waals surface area contributed by atoms with Gasteiger partial charge in [0.25, 0.3) is 0 Å². The van der Waals surface area contributed by atoms with Crippen LogP contribution in [0.15, 0.2) is 42.5 Å². The van der Waals surface area contributed by atoms with E-state index in [9.17, 15) is 29.7 Å². The van der Waals surface area contributed by atoms with Crippen LogP contribution in [-0.4, -0.2) is 44.5 Å². The van der Waals surface area contributed by atoms with E-state index in [1.165, 1.54) is 30.3 Å². The Balaban J connectivity index is 2.02. The molecule has 3 N–H and O–H groups in total. The van der Waals surface area contributed by atoms with Crippen LogP contribution in [0, 0.1) is 0 Å². The average molecular weight is 443 g/mol. The highest BCUT2D eigenvalue weighted by molar-refractivity contribution is 6.02. The zero-order valence-electron chi connectivity index (χ0n) is 18.2. The molecule has 0 fully saturated rings. The number of carbonyl (C=O) groups excluding carboxylic acids is 2. The molecule has 1 amide bonds. The van der Waals surface area contributed by atoms with E-state index in [-0.39, 0.29) is 35.0 Å². The lowest BCUT2D eigenvalue weighted by molar-refractivity contribution is -0.156. The number of carboxylic acids is 1. The Morgan fingerprint density at radius 3 is 2.28 bits per heavy atom. The highest BCUT2D eigenvalue weighted by atomic mass is 16.6. The fraction of sp³-hybridized carbons (Fsp3) is 0.348. The Labute approximate surface area is 184 Å². The molecule has 0 bridgehead atoms. The lowest BCUT2D eigenvalue weighted by Gasteiger charge is -2.35. The van der Waals surface area contributed by atoms with Crippen LogP contribution in [0.5, 0.6) is 11.5 Å². The molecule has 0 spiro atoms. The molecule has 9 nitrogen and oxygen atoms in total. The number of fused-ring (bicyclic) bond motifs is 1. The van der Waals surface area contributed by atoms with Gasteiger partial charge < -0.3 is 24.8 Å². The number of anilines is 1. The third-order valence-corrected chi connectivity index (χ3v) is 4.85. The maximum absolute atomic E-state index is 12.8. The minimum atomic E-state index is -2.63. The van der Waals surface area contributed by atoms with Gasteiger partial charge in [0.05, 0.1) is 17.7 Å². The number of amides is 1. The highest BCUT2D eigenvalue weighted by Crippen LogP contribution is 2.39. The molecule has 1 unspecified atom stereocenters. The zero-order valence-corrected chi connectivity index (χ0v) is 18.2. The molecule has 0 saturated carbocycles. The molecule has 3 rings (SSSR count). The number of hydrogen-bond donors (Lipinski definition) is 3. The average Bonchev–Trinajstić information content (AvgIpc) is 2.66. The van der Waals surface area contributed by atoms with Gasteiger partial charge in [-0.2, -0.15) is 0 Å². The van der Waals surface area contributed by atoms with E-state index in [0.717, 1.165) is 6.92 Å². The second-order valence-corrected chi connectivity index (χ2v) is 8.65. The number of carbonyl (C=O) groups is 3. The summed E-state index contributed by atoms with van der Waals surface area (Å²) in [4.78, 5) is 37.8. The van der Waals surface area contributed by atoms with Crippen molar-refractivity contribution in [2.45, 2.75) is 51.5 Å². The number of rotatable bonds is 4. The summed E-state index contributed by atoms with van der Waals surface area (Å²) in [6, 6.07) is 10.3. The molecule has 32 heavy (non-hydrogen) atoms. The molecule has 170 valence electrons. The number of phenolic OH excluding ortho intramolecular Hbond substituents is 1. The van der Waals surface area contributed by atoms with Crippen LogP contribution in [0.25, 0.3) is 0 Å². The van der Waals surface area contributed by atoms with Crippen molar-refractivity contribution in [3.8, 4) is 11.5 Å². The summed E-state index contributed by atoms with van der Waals surface area (Å²) in [6.45, 7) is 5.77. The summed E-state index contributed by atoms with van der Waals surface area (Å²) >= 11 is 0. The quantitative estimate of drug-likeness (QED) is 0.610. The third-order valence-electron chi connectivity index (χ3n) is 4.85. The Morgan fingerprint density at radius 1 is 1.09 bits per heavy atom. The summed E-state index contributed by atoms with van der Waals surface area (Å²) in [7, 11) is 0. The first-order valence-electron chi connectivity index (χ1n) is 9.91. The fourth-order valence-corrected chi connectivity index (χ4v) is 3.26. The number of aliphatic hydroxyl groups is 1. The van der Waals surface area contributed by atoms with Gasteiger partial charge in [-0.15, -0.1) is 0 Å². The van der Waals surface area contributed by atoms with Gasteiger partial charge in [0, 0.05) is 6.07 Å². The second kappa shape index (κ2) is 8.16. The molecule has 2 atom stereocenters. The number of carboxylic acid groups (broad SMARTS) is 1. The molecule has 2 aromatic rings. The van der Waals surface area contributed by atoms with Crippen molar-refractivity contribution in [2.75, 3.05) is 4.90 Å². The van der Waals surface area contributed by atoms with E-state index in [2.05, 4.69) is 0 Å². The van der Waals surface area contributed by atoms with Gasteiger partial charge >= 0.3 is 12.1 Å². The number of benzene rings is 2. The van der Waals surface area contributed by atoms with Crippen LogP contribution in [0.1, 0.15) is 56.1 Å². The molecule has 2 aromatic carbocycles. The lowest BCUT2D eigenvalue weighted by atomic mass is 9.95. The first kappa shape index (κ1) is 23.1. The standard InChI is InChI=1S/C23H25NO8/c1-22(2,3)32-21(29)24(23(4,30)20(27)28)14-7-10-16-17(26)12-18(31-19(16)11-14)13-5-8-15(25)9-6-13/h5-11,18,25,30H,12H2,1-4H3,(H,27,28)/t18?,23-/m1/s1. The van der Waals surface area contributed by atoms with Crippen LogP contribution in [0.4, 0.5) is 10.5 Å². The second-order valence-electron chi connectivity index (χ2n) is 8.65. The number of ether oxygens (including phenoxy) is 2. The minimum Gasteiger partial charge on any atom is -0.508 e. The van der Waals surface area contributed by atoms with Crippen molar-refractivity contribution in [2.24, 2.45) is 0 Å². The Morgan fingerprint density at radius 2 is 1.72 bits per heavy atom. The van der Waals surface area contributed by atoms with E-state index in [0.29, 0.717) is 10.5 Å². The van der Waals surface area contributed by atoms with E-state index in [4.69, 9.17) is 9.47 Å². The van der Waals surface area contributed by atoms with Crippen molar-refractivity contribution in [3.05, 3.63) is 53.6 Å². The first-order chi connectivity index (χ1) is 14.8. The normalized spacial score (nSPS) is 17.5. The summed E-state index contributed by atoms with van der Waals surface area (Å²) in [5.41, 5.74) is -2.68. The monoisotopic (exact) mass is 443 g/mol. The smallest absolute Gasteiger partial charge is 0.417 e. The van der Waals surface area contributed by atoms with Crippen molar-refractivity contribution >= 4 is 23.5 Å². The summed E-state index contributed by atoms with van der Waals surface area (Å²) in [6.07, 6.45) is -1.65. The lowest BCUT2D eigenvalue weighted by Crippen LogP contribution is -2.56. The predicted octanol–water partition coefficient (Wildman–Crippen LogP) is 3.63. The van der Waals surface area contributed by atoms with Crippen LogP contribution >= 0.6 is 0 Å². The Kier molecular flexibility index (Phi) is 5.88. The highest BCUT2D eigenvalue weighted by Gasteiger charge is 2.44. The molecule has 9 heteroatoms. The number of nitrogens with zero attached hydrogens (tertiary/aromatic N) is 1. The molecule has 0 aromatic heterocycles.